The fourth-order valence-corrected chi connectivity index (χ4v) is 2.05. The summed E-state index contributed by atoms with van der Waals surface area (Å²) in [6, 6.07) is 4.26. The number of hydrogen-bond acceptors (Lipinski definition) is 4. The fraction of sp³-hybridized carbons (Fsp3) is 0.500. The van der Waals surface area contributed by atoms with Crippen LogP contribution in [0.25, 0.3) is 5.82 Å². The van der Waals surface area contributed by atoms with Crippen LogP contribution in [0, 0.1) is 0 Å². The molecule has 19 heavy (non-hydrogen) atoms. The van der Waals surface area contributed by atoms with Crippen LogP contribution in [0.2, 0.25) is 0 Å². The predicted octanol–water partition coefficient (Wildman–Crippen LogP) is 2.28. The van der Waals surface area contributed by atoms with Crippen molar-refractivity contribution in [2.75, 3.05) is 0 Å². The van der Waals surface area contributed by atoms with E-state index in [1.165, 1.54) is 11.3 Å². The van der Waals surface area contributed by atoms with Crippen LogP contribution >= 0.6 is 0 Å². The Morgan fingerprint density at radius 3 is 2.63 bits per heavy atom. The monoisotopic (exact) mass is 259 g/mol. The summed E-state index contributed by atoms with van der Waals surface area (Å²) in [5.74, 6) is 1.15. The van der Waals surface area contributed by atoms with Gasteiger partial charge in [-0.1, -0.05) is 27.7 Å². The second-order valence-electron chi connectivity index (χ2n) is 5.24. The molecule has 2 aromatic heterocycles. The summed E-state index contributed by atoms with van der Waals surface area (Å²) in [6.07, 6.45) is 3.59. The molecule has 102 valence electrons. The van der Waals surface area contributed by atoms with E-state index in [1.54, 1.807) is 6.20 Å². The van der Waals surface area contributed by atoms with Gasteiger partial charge in [0.2, 0.25) is 0 Å². The van der Waals surface area contributed by atoms with E-state index in [-0.39, 0.29) is 0 Å². The van der Waals surface area contributed by atoms with Crippen molar-refractivity contribution in [1.29, 1.82) is 0 Å². The van der Waals surface area contributed by atoms with Gasteiger partial charge in [-0.05, 0) is 18.1 Å². The molecule has 0 aliphatic rings. The zero-order valence-electron chi connectivity index (χ0n) is 12.0. The molecule has 0 bridgehead atoms. The van der Waals surface area contributed by atoms with Crippen LogP contribution in [0.4, 0.5) is 0 Å². The van der Waals surface area contributed by atoms with Crippen molar-refractivity contribution in [1.82, 2.24) is 25.3 Å². The van der Waals surface area contributed by atoms with Crippen LogP contribution in [-0.2, 0) is 6.54 Å². The van der Waals surface area contributed by atoms with Crippen molar-refractivity contribution in [2.45, 2.75) is 46.2 Å². The van der Waals surface area contributed by atoms with E-state index in [0.29, 0.717) is 12.0 Å². The van der Waals surface area contributed by atoms with Gasteiger partial charge >= 0.3 is 0 Å². The van der Waals surface area contributed by atoms with Crippen molar-refractivity contribution in [3.63, 3.8) is 0 Å². The van der Waals surface area contributed by atoms with Crippen LogP contribution in [-0.4, -0.2) is 26.0 Å². The summed E-state index contributed by atoms with van der Waals surface area (Å²) in [4.78, 5) is 0. The van der Waals surface area contributed by atoms with E-state index in [2.05, 4.69) is 48.3 Å². The van der Waals surface area contributed by atoms with E-state index in [9.17, 15) is 0 Å². The number of nitrogens with one attached hydrogen (secondary N) is 1. The highest BCUT2D eigenvalue weighted by Gasteiger charge is 2.16. The van der Waals surface area contributed by atoms with Crippen LogP contribution in [0.3, 0.4) is 0 Å². The minimum Gasteiger partial charge on any atom is -0.310 e. The summed E-state index contributed by atoms with van der Waals surface area (Å²) < 4.78 is 1.88. The summed E-state index contributed by atoms with van der Waals surface area (Å²) in [7, 11) is 0. The quantitative estimate of drug-likeness (QED) is 0.895. The summed E-state index contributed by atoms with van der Waals surface area (Å²) >= 11 is 0. The molecule has 0 aliphatic carbocycles. The average molecular weight is 259 g/mol. The number of rotatable bonds is 5. The zero-order valence-corrected chi connectivity index (χ0v) is 12.0. The first-order valence-corrected chi connectivity index (χ1v) is 6.68. The lowest BCUT2D eigenvalue weighted by Gasteiger charge is -2.13. The van der Waals surface area contributed by atoms with Gasteiger partial charge in [0, 0.05) is 24.3 Å². The Morgan fingerprint density at radius 1 is 1.26 bits per heavy atom. The van der Waals surface area contributed by atoms with Crippen LogP contribution < -0.4 is 5.32 Å². The molecule has 1 N–H and O–H groups in total. The molecule has 0 amide bonds. The van der Waals surface area contributed by atoms with E-state index in [0.717, 1.165) is 12.4 Å². The first-order valence-electron chi connectivity index (χ1n) is 6.68. The topological polar surface area (TPSA) is 55.6 Å². The van der Waals surface area contributed by atoms with Crippen molar-refractivity contribution < 1.29 is 0 Å². The molecule has 0 saturated heterocycles. The van der Waals surface area contributed by atoms with Gasteiger partial charge in [-0.2, -0.15) is 10.2 Å². The van der Waals surface area contributed by atoms with Gasteiger partial charge in [0.1, 0.15) is 0 Å². The number of hydrogen-bond donors (Lipinski definition) is 1. The fourth-order valence-electron chi connectivity index (χ4n) is 2.05. The van der Waals surface area contributed by atoms with Gasteiger partial charge in [0.25, 0.3) is 0 Å². The highest BCUT2D eigenvalue weighted by atomic mass is 15.3. The molecule has 5 heteroatoms. The summed E-state index contributed by atoms with van der Waals surface area (Å²) in [6.45, 7) is 9.45. The van der Waals surface area contributed by atoms with E-state index >= 15 is 0 Å². The van der Waals surface area contributed by atoms with Gasteiger partial charge in [0.15, 0.2) is 5.82 Å². The van der Waals surface area contributed by atoms with Gasteiger partial charge in [-0.25, -0.2) is 4.68 Å². The minimum absolute atomic E-state index is 0.383. The Labute approximate surface area is 114 Å². The maximum Gasteiger partial charge on any atom is 0.175 e. The standard InChI is InChI=1S/C14H21N5/c1-10(2)14-12(8-15-11(3)4)9-17-19(14)13-6-5-7-16-18-13/h5-7,9-11,15H,8H2,1-4H3. The van der Waals surface area contributed by atoms with Crippen LogP contribution in [0.5, 0.6) is 0 Å². The lowest BCUT2D eigenvalue weighted by Crippen LogP contribution is -2.22. The van der Waals surface area contributed by atoms with Crippen molar-refractivity contribution >= 4 is 0 Å². The maximum atomic E-state index is 4.46. The van der Waals surface area contributed by atoms with Gasteiger partial charge in [0.05, 0.1) is 11.9 Å². The van der Waals surface area contributed by atoms with Crippen LogP contribution in [0.15, 0.2) is 24.5 Å². The third kappa shape index (κ3) is 3.17. The molecule has 0 unspecified atom stereocenters. The SMILES string of the molecule is CC(C)NCc1cnn(-c2cccnn2)c1C(C)C. The molecule has 0 radical (unpaired) electrons. The molecule has 0 aromatic carbocycles. The zero-order chi connectivity index (χ0) is 13.8. The predicted molar refractivity (Wildman–Crippen MR) is 75.2 cm³/mol. The van der Waals surface area contributed by atoms with Gasteiger partial charge < -0.3 is 5.32 Å². The molecule has 0 atom stereocenters. The lowest BCUT2D eigenvalue weighted by atomic mass is 10.1. The van der Waals surface area contributed by atoms with E-state index in [4.69, 9.17) is 0 Å². The molecule has 0 spiro atoms. The molecule has 2 heterocycles. The first-order chi connectivity index (χ1) is 9.09. The molecular weight excluding hydrogens is 238 g/mol. The van der Waals surface area contributed by atoms with Gasteiger partial charge in [-0.15, -0.1) is 5.10 Å². The van der Waals surface area contributed by atoms with Crippen molar-refractivity contribution in [2.24, 2.45) is 0 Å². The molecular formula is C14H21N5. The van der Waals surface area contributed by atoms with Crippen molar-refractivity contribution in [3.05, 3.63) is 35.8 Å². The lowest BCUT2D eigenvalue weighted by molar-refractivity contribution is 0.582. The molecule has 0 saturated carbocycles. The Balaban J connectivity index is 2.35. The van der Waals surface area contributed by atoms with Gasteiger partial charge in [-0.3, -0.25) is 0 Å². The normalized spacial score (nSPS) is 11.5. The molecule has 5 nitrogen and oxygen atoms in total. The second kappa shape index (κ2) is 5.93. The Morgan fingerprint density at radius 2 is 2.05 bits per heavy atom. The smallest absolute Gasteiger partial charge is 0.175 e. The Hall–Kier alpha value is -1.75. The third-order valence-electron chi connectivity index (χ3n) is 2.91. The average Bonchev–Trinajstić information content (AvgIpc) is 2.81. The minimum atomic E-state index is 0.383. The number of aromatic nitrogens is 4. The largest absolute Gasteiger partial charge is 0.310 e. The van der Waals surface area contributed by atoms with Crippen LogP contribution in [0.1, 0.15) is 44.9 Å². The Bertz CT molecular complexity index is 516. The second-order valence-corrected chi connectivity index (χ2v) is 5.24. The molecule has 0 aliphatic heterocycles. The van der Waals surface area contributed by atoms with Crippen molar-refractivity contribution in [3.8, 4) is 5.82 Å². The molecule has 2 rings (SSSR count). The van der Waals surface area contributed by atoms with E-state index in [1.807, 2.05) is 23.0 Å². The molecule has 0 fully saturated rings. The summed E-state index contributed by atoms with van der Waals surface area (Å²) in [5, 5.41) is 15.9. The Kier molecular flexibility index (Phi) is 4.27. The highest BCUT2D eigenvalue weighted by Crippen LogP contribution is 2.21. The molecule has 2 aromatic rings. The maximum absolute atomic E-state index is 4.46. The number of nitrogens with zero attached hydrogens (tertiary/aromatic N) is 4. The first kappa shape index (κ1) is 13.7. The van der Waals surface area contributed by atoms with E-state index < -0.39 is 0 Å². The summed E-state index contributed by atoms with van der Waals surface area (Å²) in [5.41, 5.74) is 2.41. The third-order valence-corrected chi connectivity index (χ3v) is 2.91. The highest BCUT2D eigenvalue weighted by molar-refractivity contribution is 5.30.